The summed E-state index contributed by atoms with van der Waals surface area (Å²) in [4.78, 5) is 20.3. The van der Waals surface area contributed by atoms with Crippen molar-refractivity contribution >= 4 is 11.7 Å². The molecule has 0 fully saturated rings. The van der Waals surface area contributed by atoms with Crippen LogP contribution in [0.25, 0.3) is 0 Å². The maximum atomic E-state index is 10.6. The van der Waals surface area contributed by atoms with Crippen molar-refractivity contribution in [3.05, 3.63) is 39.9 Å². The van der Waals surface area contributed by atoms with E-state index in [1.54, 1.807) is 12.1 Å². The Hall–Kier alpha value is -2.35. The van der Waals surface area contributed by atoms with Crippen molar-refractivity contribution in [1.82, 2.24) is 0 Å². The normalized spacial score (nSPS) is 9.00. The summed E-state index contributed by atoms with van der Waals surface area (Å²) < 4.78 is 0. The second-order valence-electron chi connectivity index (χ2n) is 2.97. The molecule has 1 aromatic carbocycles. The number of nitro benzene ring substituents is 1. The largest absolute Gasteiger partial charge is 0.481 e. The lowest BCUT2D eigenvalue weighted by atomic mass is 10.2. The zero-order valence-electron chi connectivity index (χ0n) is 8.34. The molecule has 5 heteroatoms. The summed E-state index contributed by atoms with van der Waals surface area (Å²) in [5.74, 6) is 4.25. The lowest BCUT2D eigenvalue weighted by molar-refractivity contribution is -0.385. The first-order valence-electron chi connectivity index (χ1n) is 4.55. The molecule has 0 saturated heterocycles. The number of carboxylic acid groups (broad SMARTS) is 1. The Labute approximate surface area is 91.9 Å². The zero-order chi connectivity index (χ0) is 12.0. The van der Waals surface area contributed by atoms with E-state index in [0.29, 0.717) is 5.56 Å². The van der Waals surface area contributed by atoms with Crippen LogP contribution >= 0.6 is 0 Å². The van der Waals surface area contributed by atoms with Crippen LogP contribution in [-0.4, -0.2) is 16.0 Å². The predicted octanol–water partition coefficient (Wildman–Crippen LogP) is 1.81. The van der Waals surface area contributed by atoms with Crippen molar-refractivity contribution in [1.29, 1.82) is 0 Å². The lowest BCUT2D eigenvalue weighted by Gasteiger charge is -1.93. The Kier molecular flexibility index (Phi) is 4.04. The van der Waals surface area contributed by atoms with Crippen molar-refractivity contribution in [3.63, 3.8) is 0 Å². The summed E-state index contributed by atoms with van der Waals surface area (Å²) in [5, 5.41) is 19.0. The molecule has 0 amide bonds. The van der Waals surface area contributed by atoms with Crippen LogP contribution in [0.5, 0.6) is 0 Å². The second kappa shape index (κ2) is 5.51. The number of carbonyl (C=O) groups is 1. The number of rotatable bonds is 3. The van der Waals surface area contributed by atoms with Crippen molar-refractivity contribution in [2.24, 2.45) is 0 Å². The number of hydrogen-bond acceptors (Lipinski definition) is 3. The molecule has 1 rings (SSSR count). The van der Waals surface area contributed by atoms with E-state index in [1.165, 1.54) is 12.1 Å². The molecule has 0 bridgehead atoms. The molecule has 0 unspecified atom stereocenters. The van der Waals surface area contributed by atoms with Gasteiger partial charge in [-0.2, -0.15) is 0 Å². The molecular weight excluding hydrogens is 210 g/mol. The molecule has 0 aliphatic rings. The van der Waals surface area contributed by atoms with Crippen molar-refractivity contribution in [2.45, 2.75) is 12.8 Å². The van der Waals surface area contributed by atoms with Crippen LogP contribution in [0.4, 0.5) is 5.69 Å². The summed E-state index contributed by atoms with van der Waals surface area (Å²) in [5.41, 5.74) is 0.239. The van der Waals surface area contributed by atoms with Gasteiger partial charge in [-0.05, 0) is 6.07 Å². The molecule has 0 saturated carbocycles. The van der Waals surface area contributed by atoms with Gasteiger partial charge in [0.2, 0.25) is 0 Å². The van der Waals surface area contributed by atoms with Crippen molar-refractivity contribution in [3.8, 4) is 11.8 Å². The molecule has 0 radical (unpaired) electrons. The van der Waals surface area contributed by atoms with Crippen LogP contribution in [0.2, 0.25) is 0 Å². The minimum Gasteiger partial charge on any atom is -0.481 e. The molecular formula is C11H9NO4. The number of nitro groups is 1. The van der Waals surface area contributed by atoms with Gasteiger partial charge in [0.1, 0.15) is 5.56 Å². The van der Waals surface area contributed by atoms with E-state index in [1.807, 2.05) is 0 Å². The summed E-state index contributed by atoms with van der Waals surface area (Å²) in [7, 11) is 0. The van der Waals surface area contributed by atoms with Crippen LogP contribution in [0.1, 0.15) is 18.4 Å². The summed E-state index contributed by atoms with van der Waals surface area (Å²) in [6.45, 7) is 0. The Balaban J connectivity index is 2.80. The SMILES string of the molecule is O=C(O)CCC#Cc1ccccc1[N+](=O)[O-]. The fraction of sp³-hybridized carbons (Fsp3) is 0.182. The smallest absolute Gasteiger partial charge is 0.304 e. The van der Waals surface area contributed by atoms with Crippen LogP contribution in [0, 0.1) is 22.0 Å². The number of aliphatic carboxylic acids is 1. The third-order valence-corrected chi connectivity index (χ3v) is 1.79. The molecule has 0 spiro atoms. The van der Waals surface area contributed by atoms with Gasteiger partial charge in [-0.15, -0.1) is 0 Å². The van der Waals surface area contributed by atoms with Crippen LogP contribution in [-0.2, 0) is 4.79 Å². The van der Waals surface area contributed by atoms with Gasteiger partial charge >= 0.3 is 5.97 Å². The molecule has 16 heavy (non-hydrogen) atoms. The number of para-hydroxylation sites is 1. The first-order chi connectivity index (χ1) is 7.61. The Morgan fingerprint density at radius 1 is 1.44 bits per heavy atom. The maximum absolute atomic E-state index is 10.6. The highest BCUT2D eigenvalue weighted by Crippen LogP contribution is 2.15. The summed E-state index contributed by atoms with van der Waals surface area (Å²) >= 11 is 0. The Bertz CT molecular complexity index is 470. The van der Waals surface area contributed by atoms with E-state index >= 15 is 0 Å². The van der Waals surface area contributed by atoms with E-state index in [0.717, 1.165) is 0 Å². The predicted molar refractivity (Wildman–Crippen MR) is 56.8 cm³/mol. The average molecular weight is 219 g/mol. The third kappa shape index (κ3) is 3.42. The monoisotopic (exact) mass is 219 g/mol. The highest BCUT2D eigenvalue weighted by molar-refractivity contribution is 5.67. The van der Waals surface area contributed by atoms with E-state index < -0.39 is 10.9 Å². The van der Waals surface area contributed by atoms with Gasteiger partial charge in [0.05, 0.1) is 11.3 Å². The molecule has 0 aliphatic carbocycles. The molecule has 0 atom stereocenters. The lowest BCUT2D eigenvalue weighted by Crippen LogP contribution is -1.93. The van der Waals surface area contributed by atoms with E-state index in [-0.39, 0.29) is 18.5 Å². The van der Waals surface area contributed by atoms with Gasteiger partial charge in [0.25, 0.3) is 5.69 Å². The highest BCUT2D eigenvalue weighted by Gasteiger charge is 2.09. The van der Waals surface area contributed by atoms with Gasteiger partial charge in [-0.25, -0.2) is 0 Å². The topological polar surface area (TPSA) is 80.4 Å². The number of carboxylic acids is 1. The number of benzene rings is 1. The van der Waals surface area contributed by atoms with E-state index in [2.05, 4.69) is 11.8 Å². The number of nitrogens with zero attached hydrogens (tertiary/aromatic N) is 1. The van der Waals surface area contributed by atoms with Gasteiger partial charge in [0.15, 0.2) is 0 Å². The molecule has 82 valence electrons. The van der Waals surface area contributed by atoms with E-state index in [9.17, 15) is 14.9 Å². The maximum Gasteiger partial charge on any atom is 0.304 e. The van der Waals surface area contributed by atoms with Crippen molar-refractivity contribution < 1.29 is 14.8 Å². The van der Waals surface area contributed by atoms with Crippen LogP contribution in [0.15, 0.2) is 24.3 Å². The summed E-state index contributed by atoms with van der Waals surface area (Å²) in [6, 6.07) is 6.10. The van der Waals surface area contributed by atoms with E-state index in [4.69, 9.17) is 5.11 Å². The van der Waals surface area contributed by atoms with Gasteiger partial charge in [0, 0.05) is 12.5 Å². The first kappa shape index (κ1) is 11.7. The molecule has 5 nitrogen and oxygen atoms in total. The molecule has 1 N–H and O–H groups in total. The minimum atomic E-state index is -0.933. The first-order valence-corrected chi connectivity index (χ1v) is 4.55. The number of hydrogen-bond donors (Lipinski definition) is 1. The summed E-state index contributed by atoms with van der Waals surface area (Å²) in [6.07, 6.45) is 0.120. The molecule has 1 aromatic rings. The van der Waals surface area contributed by atoms with Gasteiger partial charge in [-0.3, -0.25) is 14.9 Å². The Morgan fingerprint density at radius 2 is 2.12 bits per heavy atom. The zero-order valence-corrected chi connectivity index (χ0v) is 8.34. The van der Waals surface area contributed by atoms with Gasteiger partial charge in [-0.1, -0.05) is 24.0 Å². The van der Waals surface area contributed by atoms with Crippen molar-refractivity contribution in [2.75, 3.05) is 0 Å². The van der Waals surface area contributed by atoms with Gasteiger partial charge < -0.3 is 5.11 Å². The fourth-order valence-electron chi connectivity index (χ4n) is 1.07. The second-order valence-corrected chi connectivity index (χ2v) is 2.97. The third-order valence-electron chi connectivity index (χ3n) is 1.79. The standard InChI is InChI=1S/C11H9NO4/c13-11(14)8-4-2-6-9-5-1-3-7-10(9)12(15)16/h1,3,5,7H,4,8H2,(H,13,14). The molecule has 0 aliphatic heterocycles. The minimum absolute atomic E-state index is 0.0619. The Morgan fingerprint density at radius 3 is 2.75 bits per heavy atom. The van der Waals surface area contributed by atoms with Crippen LogP contribution in [0.3, 0.4) is 0 Å². The fourth-order valence-corrected chi connectivity index (χ4v) is 1.07. The molecule has 0 heterocycles. The quantitative estimate of drug-likeness (QED) is 0.477. The average Bonchev–Trinajstić information content (AvgIpc) is 2.24. The molecule has 0 aromatic heterocycles. The highest BCUT2D eigenvalue weighted by atomic mass is 16.6. The van der Waals surface area contributed by atoms with Crippen LogP contribution < -0.4 is 0 Å².